The van der Waals surface area contributed by atoms with Gasteiger partial charge >= 0.3 is 0 Å². The second-order valence-electron chi connectivity index (χ2n) is 6.32. The molecule has 0 spiro atoms. The van der Waals surface area contributed by atoms with Crippen molar-refractivity contribution in [3.8, 4) is 10.8 Å². The first-order chi connectivity index (χ1) is 12.8. The summed E-state index contributed by atoms with van der Waals surface area (Å²) in [5.41, 5.74) is 1.26. The summed E-state index contributed by atoms with van der Waals surface area (Å²) in [7, 11) is 0. The van der Waals surface area contributed by atoms with Crippen molar-refractivity contribution in [2.24, 2.45) is 0 Å². The highest BCUT2D eigenvalue weighted by Crippen LogP contribution is 2.40. The fraction of sp³-hybridized carbons (Fsp3) is 0.211. The Morgan fingerprint density at radius 1 is 1.23 bits per heavy atom. The number of benzene rings is 1. The van der Waals surface area contributed by atoms with Crippen molar-refractivity contribution in [2.45, 2.75) is 25.3 Å². The molecule has 6 nitrogen and oxygen atoms in total. The van der Waals surface area contributed by atoms with Crippen LogP contribution in [0.4, 0.5) is 0 Å². The van der Waals surface area contributed by atoms with E-state index in [0.29, 0.717) is 23.1 Å². The molecule has 5 rings (SSSR count). The fourth-order valence-electron chi connectivity index (χ4n) is 2.78. The third-order valence-corrected chi connectivity index (χ3v) is 5.38. The summed E-state index contributed by atoms with van der Waals surface area (Å²) in [4.78, 5) is 16.8. The van der Waals surface area contributed by atoms with E-state index < -0.39 is 0 Å². The maximum Gasteiger partial charge on any atom is 0.273 e. The molecular weight excluding hydrogens is 350 g/mol. The van der Waals surface area contributed by atoms with E-state index in [9.17, 15) is 4.79 Å². The number of aromatic nitrogens is 2. The molecule has 26 heavy (non-hydrogen) atoms. The molecule has 1 fully saturated rings. The van der Waals surface area contributed by atoms with E-state index >= 15 is 0 Å². The van der Waals surface area contributed by atoms with Crippen LogP contribution in [0.2, 0.25) is 0 Å². The monoisotopic (exact) mass is 365 g/mol. The molecule has 1 saturated carbocycles. The van der Waals surface area contributed by atoms with E-state index in [1.165, 1.54) is 0 Å². The molecule has 3 aromatic heterocycles. The smallest absolute Gasteiger partial charge is 0.273 e. The Balaban J connectivity index is 1.27. The Morgan fingerprint density at radius 3 is 2.96 bits per heavy atom. The largest absolute Gasteiger partial charge is 0.457 e. The number of fused-ring (bicyclic) bond motifs is 1. The highest BCUT2D eigenvalue weighted by molar-refractivity contribution is 7.21. The van der Waals surface area contributed by atoms with Crippen LogP contribution < -0.4 is 5.32 Å². The molecule has 1 amide bonds. The van der Waals surface area contributed by atoms with E-state index in [0.717, 1.165) is 33.8 Å². The molecule has 7 heteroatoms. The summed E-state index contributed by atoms with van der Waals surface area (Å²) in [6, 6.07) is 13.4. The molecule has 1 N–H and O–H groups in total. The number of carbonyl (C=O) groups is 1. The van der Waals surface area contributed by atoms with Gasteiger partial charge in [0.2, 0.25) is 0 Å². The zero-order chi connectivity index (χ0) is 17.5. The summed E-state index contributed by atoms with van der Waals surface area (Å²) in [6.07, 6.45) is 2.22. The van der Waals surface area contributed by atoms with Gasteiger partial charge in [-0.25, -0.2) is 4.98 Å². The summed E-state index contributed by atoms with van der Waals surface area (Å²) >= 11 is 1.58. The normalized spacial score (nSPS) is 14.0. The van der Waals surface area contributed by atoms with Crippen LogP contribution >= 0.6 is 11.3 Å². The van der Waals surface area contributed by atoms with Crippen molar-refractivity contribution in [1.29, 1.82) is 0 Å². The number of hydrogen-bond acceptors (Lipinski definition) is 6. The molecule has 0 unspecified atom stereocenters. The van der Waals surface area contributed by atoms with E-state index in [1.54, 1.807) is 17.4 Å². The molecule has 1 aliphatic carbocycles. The van der Waals surface area contributed by atoms with Crippen molar-refractivity contribution >= 4 is 27.5 Å². The summed E-state index contributed by atoms with van der Waals surface area (Å²) in [6.45, 7) is 0.287. The number of para-hydroxylation sites is 1. The third kappa shape index (κ3) is 2.90. The maximum absolute atomic E-state index is 12.2. The van der Waals surface area contributed by atoms with Gasteiger partial charge in [-0.15, -0.1) is 11.3 Å². The van der Waals surface area contributed by atoms with Gasteiger partial charge in [0.25, 0.3) is 5.91 Å². The number of carbonyl (C=O) groups excluding carboxylic acids is 1. The van der Waals surface area contributed by atoms with Crippen LogP contribution in [-0.4, -0.2) is 16.0 Å². The molecule has 0 aliphatic heterocycles. The number of nitrogens with zero attached hydrogens (tertiary/aromatic N) is 2. The maximum atomic E-state index is 12.2. The quantitative estimate of drug-likeness (QED) is 0.568. The van der Waals surface area contributed by atoms with Crippen molar-refractivity contribution in [1.82, 2.24) is 15.5 Å². The second-order valence-corrected chi connectivity index (χ2v) is 7.35. The fourth-order valence-corrected chi connectivity index (χ4v) is 3.71. The van der Waals surface area contributed by atoms with Gasteiger partial charge in [0.15, 0.2) is 16.5 Å². The summed E-state index contributed by atoms with van der Waals surface area (Å²) in [5.74, 6) is 2.33. The predicted octanol–water partition coefficient (Wildman–Crippen LogP) is 4.35. The average molecular weight is 365 g/mol. The minimum absolute atomic E-state index is 0.265. The van der Waals surface area contributed by atoms with Crippen molar-refractivity contribution in [3.63, 3.8) is 0 Å². The van der Waals surface area contributed by atoms with Gasteiger partial charge in [-0.2, -0.15) is 0 Å². The van der Waals surface area contributed by atoms with E-state index in [4.69, 9.17) is 8.94 Å². The molecule has 1 aliphatic rings. The van der Waals surface area contributed by atoms with Crippen LogP contribution in [0.25, 0.3) is 21.0 Å². The molecule has 0 bridgehead atoms. The van der Waals surface area contributed by atoms with E-state index in [2.05, 4.69) is 15.5 Å². The number of furan rings is 1. The molecule has 3 heterocycles. The molecular formula is C19H15N3O3S. The first-order valence-electron chi connectivity index (χ1n) is 8.46. The third-order valence-electron chi connectivity index (χ3n) is 4.33. The Labute approximate surface area is 152 Å². The van der Waals surface area contributed by atoms with Crippen LogP contribution in [-0.2, 0) is 6.54 Å². The zero-order valence-electron chi connectivity index (χ0n) is 13.8. The van der Waals surface area contributed by atoms with Crippen molar-refractivity contribution in [2.75, 3.05) is 0 Å². The van der Waals surface area contributed by atoms with Crippen LogP contribution in [0.3, 0.4) is 0 Å². The highest BCUT2D eigenvalue weighted by atomic mass is 32.1. The lowest BCUT2D eigenvalue weighted by Gasteiger charge is -1.99. The number of hydrogen-bond donors (Lipinski definition) is 1. The standard InChI is InChI=1S/C19H15N3O3S/c23-18(14-9-16(25-22-14)11-5-6-11)20-10-12-7-8-15(24-12)19-21-13-3-1-2-4-17(13)26-19/h1-4,7-9,11H,5-6,10H2,(H,20,23). The van der Waals surface area contributed by atoms with Gasteiger partial charge in [0.05, 0.1) is 16.8 Å². The Hall–Kier alpha value is -2.93. The van der Waals surface area contributed by atoms with Crippen molar-refractivity contribution < 1.29 is 13.7 Å². The zero-order valence-corrected chi connectivity index (χ0v) is 14.6. The second kappa shape index (κ2) is 6.10. The van der Waals surface area contributed by atoms with Crippen LogP contribution in [0.1, 0.15) is 40.8 Å². The number of rotatable bonds is 5. The van der Waals surface area contributed by atoms with Gasteiger partial charge in [-0.05, 0) is 37.1 Å². The van der Waals surface area contributed by atoms with Gasteiger partial charge in [0, 0.05) is 12.0 Å². The molecule has 130 valence electrons. The van der Waals surface area contributed by atoms with E-state index in [1.807, 2.05) is 36.4 Å². The van der Waals surface area contributed by atoms with Gasteiger partial charge in [-0.1, -0.05) is 17.3 Å². The number of amides is 1. The summed E-state index contributed by atoms with van der Waals surface area (Å²) in [5, 5.41) is 7.48. The molecule has 0 atom stereocenters. The minimum Gasteiger partial charge on any atom is -0.457 e. The molecule has 4 aromatic rings. The average Bonchev–Trinajstić information content (AvgIpc) is 3.09. The van der Waals surface area contributed by atoms with Crippen LogP contribution in [0.5, 0.6) is 0 Å². The molecule has 0 saturated heterocycles. The van der Waals surface area contributed by atoms with Gasteiger partial charge < -0.3 is 14.3 Å². The van der Waals surface area contributed by atoms with Crippen molar-refractivity contribution in [3.05, 3.63) is 59.7 Å². The predicted molar refractivity (Wildman–Crippen MR) is 97.0 cm³/mol. The molecule has 0 radical (unpaired) electrons. The number of thiazole rings is 1. The molecule has 1 aromatic carbocycles. The van der Waals surface area contributed by atoms with Gasteiger partial charge in [-0.3, -0.25) is 4.79 Å². The first-order valence-corrected chi connectivity index (χ1v) is 9.27. The Kier molecular flexibility index (Phi) is 3.60. The summed E-state index contributed by atoms with van der Waals surface area (Å²) < 4.78 is 12.2. The topological polar surface area (TPSA) is 81.2 Å². The SMILES string of the molecule is O=C(NCc1ccc(-c2nc3ccccc3s2)o1)c1cc(C2CC2)on1. The van der Waals surface area contributed by atoms with Gasteiger partial charge in [0.1, 0.15) is 11.5 Å². The first kappa shape index (κ1) is 15.3. The van der Waals surface area contributed by atoms with E-state index in [-0.39, 0.29) is 12.5 Å². The lowest BCUT2D eigenvalue weighted by Crippen LogP contribution is -2.22. The Bertz CT molecular complexity index is 1060. The van der Waals surface area contributed by atoms with Crippen LogP contribution in [0, 0.1) is 0 Å². The lowest BCUT2D eigenvalue weighted by molar-refractivity contribution is 0.0939. The van der Waals surface area contributed by atoms with Crippen LogP contribution in [0.15, 0.2) is 51.4 Å². The number of nitrogens with one attached hydrogen (secondary N) is 1. The highest BCUT2D eigenvalue weighted by Gasteiger charge is 2.28. The minimum atomic E-state index is -0.265. The Morgan fingerprint density at radius 2 is 2.12 bits per heavy atom. The lowest BCUT2D eigenvalue weighted by atomic mass is 10.3.